The highest BCUT2D eigenvalue weighted by Crippen LogP contribution is 2.18. The zero-order valence-electron chi connectivity index (χ0n) is 15.9. The summed E-state index contributed by atoms with van der Waals surface area (Å²) in [5.41, 5.74) is 0. The molecule has 1 amide bonds. The maximum absolute atomic E-state index is 12.9. The molecular formula is C20H30N2O4S. The molecule has 1 aromatic rings. The number of likely N-dealkylation sites (tertiary alicyclic amines) is 1. The van der Waals surface area contributed by atoms with Gasteiger partial charge in [-0.25, -0.2) is 8.42 Å². The fourth-order valence-electron chi connectivity index (χ4n) is 3.87. The van der Waals surface area contributed by atoms with E-state index in [1.165, 1.54) is 12.8 Å². The van der Waals surface area contributed by atoms with Crippen LogP contribution in [0.2, 0.25) is 0 Å². The van der Waals surface area contributed by atoms with E-state index in [-0.39, 0.29) is 29.0 Å². The number of benzene rings is 1. The van der Waals surface area contributed by atoms with E-state index in [1.54, 1.807) is 30.3 Å². The Morgan fingerprint density at radius 2 is 1.78 bits per heavy atom. The molecule has 0 aromatic heterocycles. The molecular weight excluding hydrogens is 364 g/mol. The highest BCUT2D eigenvalue weighted by molar-refractivity contribution is 7.91. The number of sulfone groups is 1. The Labute approximate surface area is 162 Å². The SMILES string of the molecule is O=C(CCS(=O)(=O)c1ccccc1)N(CCN1CCCC1)C1CCOCC1. The van der Waals surface area contributed by atoms with Crippen molar-refractivity contribution in [1.29, 1.82) is 0 Å². The Balaban J connectivity index is 1.60. The molecule has 2 heterocycles. The minimum absolute atomic E-state index is 0.0363. The van der Waals surface area contributed by atoms with Crippen molar-refractivity contribution in [1.82, 2.24) is 9.80 Å². The lowest BCUT2D eigenvalue weighted by atomic mass is 10.1. The molecule has 2 aliphatic rings. The Kier molecular flexibility index (Phi) is 7.26. The molecule has 2 saturated heterocycles. The third-order valence-electron chi connectivity index (χ3n) is 5.49. The van der Waals surface area contributed by atoms with Gasteiger partial charge in [0.1, 0.15) is 0 Å². The van der Waals surface area contributed by atoms with Crippen molar-refractivity contribution in [2.24, 2.45) is 0 Å². The summed E-state index contributed by atoms with van der Waals surface area (Å²) in [5, 5.41) is 0. The number of carbonyl (C=O) groups excluding carboxylic acids is 1. The first-order valence-electron chi connectivity index (χ1n) is 9.94. The monoisotopic (exact) mass is 394 g/mol. The number of carbonyl (C=O) groups is 1. The van der Waals surface area contributed by atoms with Gasteiger partial charge in [-0.3, -0.25) is 4.79 Å². The van der Waals surface area contributed by atoms with E-state index in [0.717, 1.165) is 32.5 Å². The van der Waals surface area contributed by atoms with E-state index < -0.39 is 9.84 Å². The first-order valence-corrected chi connectivity index (χ1v) is 11.6. The Morgan fingerprint density at radius 1 is 1.11 bits per heavy atom. The van der Waals surface area contributed by atoms with E-state index in [0.29, 0.717) is 19.8 Å². The van der Waals surface area contributed by atoms with Crippen LogP contribution in [0.4, 0.5) is 0 Å². The van der Waals surface area contributed by atoms with Crippen molar-refractivity contribution in [3.05, 3.63) is 30.3 Å². The fourth-order valence-corrected chi connectivity index (χ4v) is 5.12. The van der Waals surface area contributed by atoms with Crippen LogP contribution in [0.5, 0.6) is 0 Å². The molecule has 0 bridgehead atoms. The zero-order chi connectivity index (χ0) is 19.1. The molecule has 0 spiro atoms. The summed E-state index contributed by atoms with van der Waals surface area (Å²) in [4.78, 5) is 17.5. The van der Waals surface area contributed by atoms with Gasteiger partial charge in [-0.1, -0.05) is 18.2 Å². The number of ether oxygens (including phenoxy) is 1. The minimum atomic E-state index is -3.43. The summed E-state index contributed by atoms with van der Waals surface area (Å²) in [5.74, 6) is -0.195. The van der Waals surface area contributed by atoms with Crippen LogP contribution < -0.4 is 0 Å². The number of nitrogens with zero attached hydrogens (tertiary/aromatic N) is 2. The second kappa shape index (κ2) is 9.66. The summed E-state index contributed by atoms with van der Waals surface area (Å²) in [6.07, 6.45) is 4.14. The molecule has 1 aromatic carbocycles. The van der Waals surface area contributed by atoms with Gasteiger partial charge in [-0.05, 0) is 50.9 Å². The van der Waals surface area contributed by atoms with Crippen molar-refractivity contribution in [2.45, 2.75) is 43.0 Å². The Bertz CT molecular complexity index is 696. The van der Waals surface area contributed by atoms with E-state index in [9.17, 15) is 13.2 Å². The van der Waals surface area contributed by atoms with Gasteiger partial charge in [0.25, 0.3) is 0 Å². The van der Waals surface area contributed by atoms with E-state index in [2.05, 4.69) is 4.90 Å². The second-order valence-corrected chi connectivity index (χ2v) is 9.47. The van der Waals surface area contributed by atoms with Crippen molar-refractivity contribution < 1.29 is 17.9 Å². The Hall–Kier alpha value is -1.44. The molecule has 7 heteroatoms. The summed E-state index contributed by atoms with van der Waals surface area (Å²) in [7, 11) is -3.43. The van der Waals surface area contributed by atoms with Crippen LogP contribution in [0.3, 0.4) is 0 Å². The van der Waals surface area contributed by atoms with Crippen LogP contribution in [0.1, 0.15) is 32.1 Å². The predicted molar refractivity (Wildman–Crippen MR) is 104 cm³/mol. The maximum Gasteiger partial charge on any atom is 0.223 e. The smallest absolute Gasteiger partial charge is 0.223 e. The van der Waals surface area contributed by atoms with Crippen LogP contribution in [-0.2, 0) is 19.4 Å². The van der Waals surface area contributed by atoms with Crippen molar-refractivity contribution >= 4 is 15.7 Å². The molecule has 0 saturated carbocycles. The normalized spacial score (nSPS) is 19.3. The molecule has 2 fully saturated rings. The van der Waals surface area contributed by atoms with E-state index in [1.807, 2.05) is 4.90 Å². The van der Waals surface area contributed by atoms with Crippen molar-refractivity contribution in [3.63, 3.8) is 0 Å². The topological polar surface area (TPSA) is 66.9 Å². The van der Waals surface area contributed by atoms with Crippen LogP contribution in [-0.4, -0.2) is 75.3 Å². The minimum Gasteiger partial charge on any atom is -0.381 e. The van der Waals surface area contributed by atoms with E-state index in [4.69, 9.17) is 4.74 Å². The number of rotatable bonds is 8. The molecule has 2 aliphatic heterocycles. The quantitative estimate of drug-likeness (QED) is 0.674. The standard InChI is InChI=1S/C20H30N2O4S/c23-20(10-17-27(24,25)19-6-2-1-3-7-19)22(18-8-15-26-16-9-18)14-13-21-11-4-5-12-21/h1-3,6-7,18H,4-5,8-17H2. The lowest BCUT2D eigenvalue weighted by Crippen LogP contribution is -2.47. The van der Waals surface area contributed by atoms with Crippen LogP contribution >= 0.6 is 0 Å². The molecule has 27 heavy (non-hydrogen) atoms. The summed E-state index contributed by atoms with van der Waals surface area (Å²) >= 11 is 0. The van der Waals surface area contributed by atoms with Crippen molar-refractivity contribution in [2.75, 3.05) is 45.1 Å². The Morgan fingerprint density at radius 3 is 2.44 bits per heavy atom. The van der Waals surface area contributed by atoms with Gasteiger partial charge in [0.05, 0.1) is 10.6 Å². The average Bonchev–Trinajstić information content (AvgIpc) is 3.22. The highest BCUT2D eigenvalue weighted by atomic mass is 32.2. The fraction of sp³-hybridized carbons (Fsp3) is 0.650. The molecule has 0 radical (unpaired) electrons. The predicted octanol–water partition coefficient (Wildman–Crippen LogP) is 1.95. The van der Waals surface area contributed by atoms with Gasteiger partial charge in [0.15, 0.2) is 9.84 Å². The van der Waals surface area contributed by atoms with Crippen LogP contribution in [0, 0.1) is 0 Å². The first-order chi connectivity index (χ1) is 13.1. The summed E-state index contributed by atoms with van der Waals surface area (Å²) in [6, 6.07) is 8.54. The maximum atomic E-state index is 12.9. The van der Waals surface area contributed by atoms with Gasteiger partial charge < -0.3 is 14.5 Å². The largest absolute Gasteiger partial charge is 0.381 e. The average molecular weight is 395 g/mol. The highest BCUT2D eigenvalue weighted by Gasteiger charge is 2.27. The number of hydrogen-bond acceptors (Lipinski definition) is 5. The third kappa shape index (κ3) is 5.77. The van der Waals surface area contributed by atoms with E-state index >= 15 is 0 Å². The number of amides is 1. The van der Waals surface area contributed by atoms with Gasteiger partial charge in [-0.15, -0.1) is 0 Å². The zero-order valence-corrected chi connectivity index (χ0v) is 16.7. The molecule has 0 N–H and O–H groups in total. The lowest BCUT2D eigenvalue weighted by Gasteiger charge is -2.35. The van der Waals surface area contributed by atoms with Crippen LogP contribution in [0.15, 0.2) is 35.2 Å². The molecule has 3 rings (SSSR count). The van der Waals surface area contributed by atoms with Gasteiger partial charge in [0.2, 0.25) is 5.91 Å². The van der Waals surface area contributed by atoms with Gasteiger partial charge in [0, 0.05) is 38.8 Å². The van der Waals surface area contributed by atoms with Gasteiger partial charge >= 0.3 is 0 Å². The van der Waals surface area contributed by atoms with Crippen LogP contribution in [0.25, 0.3) is 0 Å². The first kappa shape index (κ1) is 20.3. The summed E-state index contributed by atoms with van der Waals surface area (Å²) < 4.78 is 30.4. The lowest BCUT2D eigenvalue weighted by molar-refractivity contribution is -0.135. The molecule has 150 valence electrons. The third-order valence-corrected chi connectivity index (χ3v) is 7.23. The molecule has 0 atom stereocenters. The molecule has 0 aliphatic carbocycles. The second-order valence-electron chi connectivity index (χ2n) is 7.36. The summed E-state index contributed by atoms with van der Waals surface area (Å²) in [6.45, 7) is 5.07. The van der Waals surface area contributed by atoms with Crippen molar-refractivity contribution in [3.8, 4) is 0 Å². The molecule has 6 nitrogen and oxygen atoms in total. The molecule has 0 unspecified atom stereocenters. The number of hydrogen-bond donors (Lipinski definition) is 0. The van der Waals surface area contributed by atoms with Gasteiger partial charge in [-0.2, -0.15) is 0 Å².